The zero-order valence-corrected chi connectivity index (χ0v) is 15.7. The molecule has 0 saturated heterocycles. The van der Waals surface area contributed by atoms with Crippen molar-refractivity contribution in [3.05, 3.63) is 97.3 Å². The first-order valence-electron chi connectivity index (χ1n) is 8.86. The van der Waals surface area contributed by atoms with Gasteiger partial charge in [0, 0.05) is 0 Å². The molecule has 0 saturated carbocycles. The Bertz CT molecular complexity index is 983. The summed E-state index contributed by atoms with van der Waals surface area (Å²) >= 11 is -0.787. The third kappa shape index (κ3) is 3.58. The molecule has 2 aromatic carbocycles. The summed E-state index contributed by atoms with van der Waals surface area (Å²) in [5.74, 6) is 0. The van der Waals surface area contributed by atoms with Gasteiger partial charge in [0.05, 0.1) is 0 Å². The molecule has 2 nitrogen and oxygen atoms in total. The summed E-state index contributed by atoms with van der Waals surface area (Å²) in [7, 11) is 0. The van der Waals surface area contributed by atoms with E-state index >= 15 is 0 Å². The Morgan fingerprint density at radius 2 is 1.08 bits per heavy atom. The van der Waals surface area contributed by atoms with Crippen LogP contribution < -0.4 is 8.15 Å². The van der Waals surface area contributed by atoms with Gasteiger partial charge in [-0.3, -0.25) is 0 Å². The third-order valence-corrected chi connectivity index (χ3v) is 6.88. The molecule has 0 spiro atoms. The number of benzene rings is 2. The van der Waals surface area contributed by atoms with Crippen LogP contribution in [0.1, 0.15) is 2.74 Å². The van der Waals surface area contributed by atoms with Gasteiger partial charge in [-0.15, -0.1) is 0 Å². The first-order chi connectivity index (χ1) is 13.2. The molecule has 3 heteroatoms. The molecule has 25 heavy (non-hydrogen) atoms. The molecule has 0 aliphatic rings. The Balaban J connectivity index is 1.84. The van der Waals surface area contributed by atoms with E-state index in [1.54, 1.807) is 24.5 Å². The van der Waals surface area contributed by atoms with E-state index < -0.39 is 17.7 Å². The van der Waals surface area contributed by atoms with Crippen molar-refractivity contribution in [2.24, 2.45) is 0 Å². The van der Waals surface area contributed by atoms with E-state index in [4.69, 9.17) is 2.74 Å². The van der Waals surface area contributed by atoms with Crippen LogP contribution in [0.5, 0.6) is 0 Å². The normalized spacial score (nSPS) is 11.8. The maximum atomic E-state index is 8.41. The molecule has 4 rings (SSSR count). The molecule has 0 radical (unpaired) electrons. The number of nitrogens with zero attached hydrogens (tertiary/aromatic N) is 2. The molecule has 0 aliphatic heterocycles. The molecule has 0 aliphatic carbocycles. The van der Waals surface area contributed by atoms with E-state index in [1.165, 1.54) is 0 Å². The van der Waals surface area contributed by atoms with E-state index in [0.29, 0.717) is 12.1 Å². The van der Waals surface area contributed by atoms with Gasteiger partial charge < -0.3 is 0 Å². The average molecular weight is 503 g/mol. The monoisotopic (exact) mass is 503 g/mol. The summed E-state index contributed by atoms with van der Waals surface area (Å²) in [6.07, 6.45) is 3.52. The van der Waals surface area contributed by atoms with Crippen LogP contribution in [0.15, 0.2) is 97.3 Å². The van der Waals surface area contributed by atoms with Gasteiger partial charge in [-0.2, -0.15) is 0 Å². The Labute approximate surface area is 158 Å². The zero-order chi connectivity index (χ0) is 18.6. The first kappa shape index (κ1) is 13.7. The predicted octanol–water partition coefficient (Wildman–Crippen LogP) is 3.84. The second kappa shape index (κ2) is 7.52. The summed E-state index contributed by atoms with van der Waals surface area (Å²) in [6, 6.07) is 24.2. The van der Waals surface area contributed by atoms with Crippen molar-refractivity contribution in [3.63, 3.8) is 0 Å². The predicted molar refractivity (Wildman–Crippen MR) is 98.6 cm³/mol. The quantitative estimate of drug-likeness (QED) is 0.424. The Kier molecular flexibility index (Phi) is 4.11. The van der Waals surface area contributed by atoms with Gasteiger partial charge in [0.1, 0.15) is 0 Å². The van der Waals surface area contributed by atoms with E-state index in [-0.39, 0.29) is 0 Å². The van der Waals surface area contributed by atoms with Gasteiger partial charge in [0.25, 0.3) is 0 Å². The van der Waals surface area contributed by atoms with Gasteiger partial charge in [0.2, 0.25) is 0 Å². The summed E-state index contributed by atoms with van der Waals surface area (Å²) in [4.78, 5) is 8.92. The number of hydrogen-bond donors (Lipinski definition) is 0. The molecule has 2 heterocycles. The van der Waals surface area contributed by atoms with Gasteiger partial charge in [-0.25, -0.2) is 0 Å². The molecular formula is C22H16IrN2+. The fourth-order valence-corrected chi connectivity index (χ4v) is 5.57. The second-order valence-electron chi connectivity index (χ2n) is 5.25. The summed E-state index contributed by atoms with van der Waals surface area (Å²) in [5.41, 5.74) is 3.42. The summed E-state index contributed by atoms with van der Waals surface area (Å²) in [5, 5.41) is 0. The average Bonchev–Trinajstić information content (AvgIpc) is 2.70. The van der Waals surface area contributed by atoms with E-state index in [2.05, 4.69) is 22.1 Å². The number of rotatable bonds is 4. The van der Waals surface area contributed by atoms with Crippen LogP contribution in [0, 0.1) is 0 Å². The molecule has 0 unspecified atom stereocenters. The first-order valence-corrected chi connectivity index (χ1v) is 10.3. The summed E-state index contributed by atoms with van der Waals surface area (Å²) in [6.45, 7) is 0. The Morgan fingerprint density at radius 1 is 0.600 bits per heavy atom. The van der Waals surface area contributed by atoms with E-state index in [0.717, 1.165) is 30.7 Å². The number of hydrogen-bond acceptors (Lipinski definition) is 2. The minimum absolute atomic E-state index is 0.483. The number of aromatic nitrogens is 2. The topological polar surface area (TPSA) is 25.8 Å². The van der Waals surface area contributed by atoms with Crippen LogP contribution in [0.25, 0.3) is 22.5 Å². The third-order valence-electron chi connectivity index (χ3n) is 3.59. The van der Waals surface area contributed by atoms with Crippen LogP contribution in [0.3, 0.4) is 0 Å². The second-order valence-corrected chi connectivity index (χ2v) is 8.43. The van der Waals surface area contributed by atoms with Crippen LogP contribution in [0.2, 0.25) is 0 Å². The van der Waals surface area contributed by atoms with Crippen LogP contribution >= 0.6 is 0 Å². The molecule has 0 fully saturated rings. The van der Waals surface area contributed by atoms with Crippen LogP contribution in [0.4, 0.5) is 0 Å². The zero-order valence-electron chi connectivity index (χ0n) is 15.3. The van der Waals surface area contributed by atoms with Crippen molar-refractivity contribution >= 4 is 8.15 Å². The van der Waals surface area contributed by atoms with E-state index in [9.17, 15) is 0 Å². The molecule has 4 aromatic rings. The Morgan fingerprint density at radius 3 is 1.52 bits per heavy atom. The van der Waals surface area contributed by atoms with Gasteiger partial charge in [-0.05, 0) is 0 Å². The Hall–Kier alpha value is -2.61. The van der Waals surface area contributed by atoms with E-state index in [1.807, 2.05) is 48.5 Å². The van der Waals surface area contributed by atoms with Crippen molar-refractivity contribution in [1.82, 2.24) is 9.97 Å². The summed E-state index contributed by atoms with van der Waals surface area (Å²) < 4.78 is 19.1. The molecule has 2 aromatic heterocycles. The SMILES string of the molecule is [2H]c1ccc[c]([Ir+][c]2cccc([2H])c2-c2ccccn2)c1-c1ccccn1. The van der Waals surface area contributed by atoms with Crippen LogP contribution in [-0.2, 0) is 17.7 Å². The van der Waals surface area contributed by atoms with Crippen molar-refractivity contribution in [2.75, 3.05) is 0 Å². The van der Waals surface area contributed by atoms with Crippen molar-refractivity contribution < 1.29 is 20.4 Å². The van der Waals surface area contributed by atoms with Gasteiger partial charge in [0.15, 0.2) is 0 Å². The fourth-order valence-electron chi connectivity index (χ4n) is 2.46. The van der Waals surface area contributed by atoms with Gasteiger partial charge >= 0.3 is 158 Å². The number of pyridine rings is 2. The fraction of sp³-hybridized carbons (Fsp3) is 0. The minimum atomic E-state index is -0.787. The molecule has 0 bridgehead atoms. The van der Waals surface area contributed by atoms with Crippen molar-refractivity contribution in [2.45, 2.75) is 0 Å². The molecule has 122 valence electrons. The molecule has 0 atom stereocenters. The molecule has 0 N–H and O–H groups in total. The van der Waals surface area contributed by atoms with Crippen molar-refractivity contribution in [1.29, 1.82) is 0 Å². The standard InChI is InChI=1S/2C11H8N.Ir/c2*1-2-6-10(7-3-1)11-8-4-5-9-12-11;/h2*1-6,8-9H;/q;;+1/i2*6D;. The molecular weight excluding hydrogens is 484 g/mol. The maximum absolute atomic E-state index is 8.41. The molecule has 0 amide bonds. The van der Waals surface area contributed by atoms with Gasteiger partial charge in [-0.1, -0.05) is 0 Å². The van der Waals surface area contributed by atoms with Crippen LogP contribution in [-0.4, -0.2) is 9.97 Å². The van der Waals surface area contributed by atoms with Crippen molar-refractivity contribution in [3.8, 4) is 22.5 Å².